The number of anilines is 2. The summed E-state index contributed by atoms with van der Waals surface area (Å²) in [5, 5.41) is 4.08. The zero-order valence-electron chi connectivity index (χ0n) is 14.2. The van der Waals surface area contributed by atoms with E-state index in [9.17, 15) is 0 Å². The molecule has 126 valence electrons. The topological polar surface area (TPSA) is 72.7 Å². The van der Waals surface area contributed by atoms with Crippen LogP contribution in [0.5, 0.6) is 11.5 Å². The molecule has 0 bridgehead atoms. The van der Waals surface area contributed by atoms with E-state index in [4.69, 9.17) is 13.9 Å². The fourth-order valence-electron chi connectivity index (χ4n) is 2.44. The lowest BCUT2D eigenvalue weighted by Crippen LogP contribution is -2.14. The van der Waals surface area contributed by atoms with Crippen molar-refractivity contribution in [2.75, 3.05) is 38.5 Å². The van der Waals surface area contributed by atoms with Crippen molar-refractivity contribution in [3.05, 3.63) is 36.3 Å². The molecule has 0 unspecified atom stereocenters. The maximum atomic E-state index is 5.38. The van der Waals surface area contributed by atoms with Crippen molar-refractivity contribution in [2.45, 2.75) is 6.54 Å². The Morgan fingerprint density at radius 3 is 2.50 bits per heavy atom. The first-order valence-electron chi connectivity index (χ1n) is 7.49. The molecule has 0 atom stereocenters. The highest BCUT2D eigenvalue weighted by atomic mass is 16.5. The number of hydrogen-bond donors (Lipinski definition) is 1. The normalized spacial score (nSPS) is 10.7. The minimum absolute atomic E-state index is 0.513. The molecule has 0 saturated heterocycles. The van der Waals surface area contributed by atoms with Gasteiger partial charge in [0.15, 0.2) is 11.5 Å². The van der Waals surface area contributed by atoms with Gasteiger partial charge in [-0.25, -0.2) is 4.98 Å². The first kappa shape index (κ1) is 15.9. The van der Waals surface area contributed by atoms with E-state index in [1.165, 1.54) is 0 Å². The van der Waals surface area contributed by atoms with E-state index >= 15 is 0 Å². The van der Waals surface area contributed by atoms with Crippen molar-refractivity contribution in [1.29, 1.82) is 0 Å². The third kappa shape index (κ3) is 3.05. The number of furan rings is 1. The van der Waals surface area contributed by atoms with E-state index in [-0.39, 0.29) is 0 Å². The summed E-state index contributed by atoms with van der Waals surface area (Å²) in [6.45, 7) is 0.513. The average molecular weight is 328 g/mol. The lowest BCUT2D eigenvalue weighted by atomic mass is 10.2. The Morgan fingerprint density at radius 1 is 1.12 bits per heavy atom. The molecule has 2 aromatic heterocycles. The Morgan fingerprint density at radius 2 is 1.88 bits per heavy atom. The van der Waals surface area contributed by atoms with Gasteiger partial charge < -0.3 is 24.1 Å². The van der Waals surface area contributed by atoms with Crippen LogP contribution in [0.15, 0.2) is 34.9 Å². The maximum absolute atomic E-state index is 5.38. The zero-order chi connectivity index (χ0) is 17.1. The second-order valence-electron chi connectivity index (χ2n) is 5.42. The summed E-state index contributed by atoms with van der Waals surface area (Å²) in [5.74, 6) is 3.41. The molecule has 3 aromatic rings. The minimum atomic E-state index is 0.513. The molecule has 0 saturated carbocycles. The number of benzene rings is 1. The largest absolute Gasteiger partial charge is 0.493 e. The van der Waals surface area contributed by atoms with Crippen LogP contribution in [-0.4, -0.2) is 38.3 Å². The van der Waals surface area contributed by atoms with E-state index in [0.29, 0.717) is 24.0 Å². The van der Waals surface area contributed by atoms with Gasteiger partial charge >= 0.3 is 0 Å². The average Bonchev–Trinajstić information content (AvgIpc) is 3.11. The Kier molecular flexibility index (Phi) is 4.41. The molecule has 0 aliphatic heterocycles. The van der Waals surface area contributed by atoms with Crippen LogP contribution < -0.4 is 19.7 Å². The molecule has 1 aromatic carbocycles. The summed E-state index contributed by atoms with van der Waals surface area (Å²) in [4.78, 5) is 11.1. The van der Waals surface area contributed by atoms with Crippen LogP contribution in [0.4, 0.5) is 11.8 Å². The number of hydrogen-bond acceptors (Lipinski definition) is 7. The van der Waals surface area contributed by atoms with Crippen LogP contribution in [0.3, 0.4) is 0 Å². The quantitative estimate of drug-likeness (QED) is 0.746. The number of methoxy groups -OCH3 is 2. The molecule has 0 aliphatic carbocycles. The Labute approximate surface area is 140 Å². The van der Waals surface area contributed by atoms with E-state index in [0.717, 1.165) is 22.5 Å². The van der Waals surface area contributed by atoms with E-state index < -0.39 is 0 Å². The summed E-state index contributed by atoms with van der Waals surface area (Å²) < 4.78 is 16.1. The highest BCUT2D eigenvalue weighted by Gasteiger charge is 2.14. The van der Waals surface area contributed by atoms with E-state index in [1.807, 2.05) is 43.3 Å². The zero-order valence-corrected chi connectivity index (χ0v) is 14.2. The van der Waals surface area contributed by atoms with Gasteiger partial charge in [-0.15, -0.1) is 0 Å². The highest BCUT2D eigenvalue weighted by Crippen LogP contribution is 2.35. The van der Waals surface area contributed by atoms with Crippen LogP contribution in [0.1, 0.15) is 5.76 Å². The summed E-state index contributed by atoms with van der Waals surface area (Å²) in [6, 6.07) is 7.48. The molecule has 0 aliphatic rings. The Hall–Kier alpha value is -2.96. The van der Waals surface area contributed by atoms with Gasteiger partial charge in [0.05, 0.1) is 32.5 Å². The molecule has 7 nitrogen and oxygen atoms in total. The molecule has 0 amide bonds. The Bertz CT molecular complexity index is 831. The van der Waals surface area contributed by atoms with Crippen LogP contribution in [-0.2, 0) is 6.54 Å². The smallest absolute Gasteiger partial charge is 0.225 e. The molecule has 2 heterocycles. The maximum Gasteiger partial charge on any atom is 0.225 e. The third-order valence-electron chi connectivity index (χ3n) is 3.61. The summed E-state index contributed by atoms with van der Waals surface area (Å²) >= 11 is 0. The fraction of sp³-hybridized carbons (Fsp3) is 0.294. The fourth-order valence-corrected chi connectivity index (χ4v) is 2.44. The molecule has 0 radical (unpaired) electrons. The number of rotatable bonds is 6. The van der Waals surface area contributed by atoms with Crippen molar-refractivity contribution in [3.63, 3.8) is 0 Å². The van der Waals surface area contributed by atoms with Crippen molar-refractivity contribution in [3.8, 4) is 11.5 Å². The van der Waals surface area contributed by atoms with Crippen molar-refractivity contribution in [2.24, 2.45) is 0 Å². The molecule has 3 rings (SSSR count). The first-order valence-corrected chi connectivity index (χ1v) is 7.49. The monoisotopic (exact) mass is 328 g/mol. The number of ether oxygens (including phenoxy) is 2. The van der Waals surface area contributed by atoms with E-state index in [1.54, 1.807) is 20.5 Å². The standard InChI is InChI=1S/C17H20N4O3/c1-21(2)16-12-8-14(22-3)15(23-4)9-13(12)19-17(20-16)18-10-11-6-5-7-24-11/h5-9H,10H2,1-4H3,(H,18,19,20). The Balaban J connectivity index is 2.04. The molecule has 24 heavy (non-hydrogen) atoms. The minimum Gasteiger partial charge on any atom is -0.493 e. The van der Waals surface area contributed by atoms with Gasteiger partial charge in [0.1, 0.15) is 11.6 Å². The SMILES string of the molecule is COc1cc2nc(NCc3ccco3)nc(N(C)C)c2cc1OC. The highest BCUT2D eigenvalue weighted by molar-refractivity contribution is 5.93. The van der Waals surface area contributed by atoms with Gasteiger partial charge in [-0.1, -0.05) is 0 Å². The molecule has 0 spiro atoms. The third-order valence-corrected chi connectivity index (χ3v) is 3.61. The molecule has 1 N–H and O–H groups in total. The number of fused-ring (bicyclic) bond motifs is 1. The van der Waals surface area contributed by atoms with E-state index in [2.05, 4.69) is 15.3 Å². The van der Waals surface area contributed by atoms with Crippen LogP contribution in [0, 0.1) is 0 Å². The molecule has 0 fully saturated rings. The van der Waals surface area contributed by atoms with Crippen LogP contribution in [0.25, 0.3) is 10.9 Å². The lowest BCUT2D eigenvalue weighted by Gasteiger charge is -2.17. The molecular formula is C17H20N4O3. The van der Waals surface area contributed by atoms with Gasteiger partial charge in [-0.2, -0.15) is 4.98 Å². The van der Waals surface area contributed by atoms with Gasteiger partial charge in [0.25, 0.3) is 0 Å². The predicted octanol–water partition coefficient (Wildman–Crippen LogP) is 2.92. The van der Waals surface area contributed by atoms with Crippen molar-refractivity contribution < 1.29 is 13.9 Å². The van der Waals surface area contributed by atoms with Gasteiger partial charge in [0, 0.05) is 25.5 Å². The first-order chi connectivity index (χ1) is 11.6. The second kappa shape index (κ2) is 6.66. The van der Waals surface area contributed by atoms with Crippen molar-refractivity contribution >= 4 is 22.7 Å². The molecule has 7 heteroatoms. The molecular weight excluding hydrogens is 308 g/mol. The van der Waals surface area contributed by atoms with Crippen molar-refractivity contribution in [1.82, 2.24) is 9.97 Å². The number of nitrogens with one attached hydrogen (secondary N) is 1. The number of nitrogens with zero attached hydrogens (tertiary/aromatic N) is 3. The predicted molar refractivity (Wildman–Crippen MR) is 93.0 cm³/mol. The second-order valence-corrected chi connectivity index (χ2v) is 5.42. The van der Waals surface area contributed by atoms with Crippen LogP contribution in [0.2, 0.25) is 0 Å². The summed E-state index contributed by atoms with van der Waals surface area (Å²) in [7, 11) is 7.09. The van der Waals surface area contributed by atoms with Gasteiger partial charge in [-0.05, 0) is 18.2 Å². The summed E-state index contributed by atoms with van der Waals surface area (Å²) in [5.41, 5.74) is 0.772. The number of aromatic nitrogens is 2. The lowest BCUT2D eigenvalue weighted by molar-refractivity contribution is 0.356. The summed E-state index contributed by atoms with van der Waals surface area (Å²) in [6.07, 6.45) is 1.64. The van der Waals surface area contributed by atoms with Crippen LogP contribution >= 0.6 is 0 Å². The van der Waals surface area contributed by atoms with Gasteiger partial charge in [0.2, 0.25) is 5.95 Å². The van der Waals surface area contributed by atoms with Gasteiger partial charge in [-0.3, -0.25) is 0 Å².